The van der Waals surface area contributed by atoms with Crippen molar-refractivity contribution in [2.45, 2.75) is 46.6 Å². The van der Waals surface area contributed by atoms with Crippen LogP contribution in [0.3, 0.4) is 0 Å². The van der Waals surface area contributed by atoms with Crippen LogP contribution in [0, 0.1) is 12.8 Å². The van der Waals surface area contributed by atoms with Crippen LogP contribution in [-0.4, -0.2) is 18.2 Å². The molecule has 23 heavy (non-hydrogen) atoms. The molecule has 1 aliphatic rings. The predicted molar refractivity (Wildman–Crippen MR) is 91.1 cm³/mol. The number of benzene rings is 1. The monoisotopic (exact) mass is 316 g/mol. The van der Waals surface area contributed by atoms with Gasteiger partial charge in [0.25, 0.3) is 0 Å². The van der Waals surface area contributed by atoms with E-state index in [2.05, 4.69) is 6.92 Å². The molecule has 2 heterocycles. The van der Waals surface area contributed by atoms with Gasteiger partial charge in [-0.25, -0.2) is 4.79 Å². The Labute approximate surface area is 136 Å². The molecule has 0 radical (unpaired) electrons. The van der Waals surface area contributed by atoms with Gasteiger partial charge in [-0.15, -0.1) is 0 Å². The molecule has 4 heteroatoms. The Hall–Kier alpha value is -1.81. The lowest BCUT2D eigenvalue weighted by atomic mass is 9.98. The van der Waals surface area contributed by atoms with Gasteiger partial charge in [-0.1, -0.05) is 13.8 Å². The Balaban J connectivity index is 2.09. The quantitative estimate of drug-likeness (QED) is 0.854. The molecule has 0 spiro atoms. The van der Waals surface area contributed by atoms with Gasteiger partial charge in [-0.05, 0) is 43.9 Å². The zero-order chi connectivity index (χ0) is 16.6. The number of hydrogen-bond donors (Lipinski definition) is 2. The molecule has 2 atom stereocenters. The summed E-state index contributed by atoms with van der Waals surface area (Å²) >= 11 is 0. The summed E-state index contributed by atoms with van der Waals surface area (Å²) in [4.78, 5) is 13.7. The fraction of sp³-hybridized carbons (Fsp3) is 0.526. The molecule has 1 aliphatic heterocycles. The van der Waals surface area contributed by atoms with Crippen LogP contribution >= 0.6 is 0 Å². The van der Waals surface area contributed by atoms with E-state index < -0.39 is 0 Å². The van der Waals surface area contributed by atoms with E-state index in [-0.39, 0.29) is 11.4 Å². The van der Waals surface area contributed by atoms with Crippen LogP contribution in [0.1, 0.15) is 43.4 Å². The van der Waals surface area contributed by atoms with Crippen LogP contribution in [-0.2, 0) is 13.0 Å². The Morgan fingerprint density at radius 1 is 1.35 bits per heavy atom. The molecule has 1 fully saturated rings. The molecule has 2 N–H and O–H groups in total. The van der Waals surface area contributed by atoms with Crippen molar-refractivity contribution in [1.29, 1.82) is 0 Å². The molecule has 0 bridgehead atoms. The first-order valence-corrected chi connectivity index (χ1v) is 8.62. The van der Waals surface area contributed by atoms with Crippen LogP contribution < -0.4 is 10.5 Å². The maximum absolute atomic E-state index is 12.2. The lowest BCUT2D eigenvalue weighted by Crippen LogP contribution is -3.12. The van der Waals surface area contributed by atoms with Gasteiger partial charge in [0.15, 0.2) is 5.58 Å². The number of aromatic hydroxyl groups is 1. The minimum absolute atomic E-state index is 0.232. The molecule has 1 aromatic heterocycles. The number of aryl methyl sites for hydroxylation is 1. The summed E-state index contributed by atoms with van der Waals surface area (Å²) in [5.41, 5.74) is 2.77. The Morgan fingerprint density at radius 2 is 2.13 bits per heavy atom. The predicted octanol–water partition coefficient (Wildman–Crippen LogP) is 2.18. The maximum Gasteiger partial charge on any atom is 0.339 e. The summed E-state index contributed by atoms with van der Waals surface area (Å²) in [6.45, 7) is 9.13. The first-order chi connectivity index (χ1) is 11.0. The number of quaternary nitrogens is 1. The molecule has 0 saturated carbocycles. The van der Waals surface area contributed by atoms with E-state index in [0.717, 1.165) is 35.2 Å². The second-order valence-corrected chi connectivity index (χ2v) is 6.91. The summed E-state index contributed by atoms with van der Waals surface area (Å²) in [7, 11) is 0. The lowest BCUT2D eigenvalue weighted by Gasteiger charge is -2.28. The van der Waals surface area contributed by atoms with Gasteiger partial charge >= 0.3 is 5.63 Å². The summed E-state index contributed by atoms with van der Waals surface area (Å²) in [5, 5.41) is 11.3. The molecule has 124 valence electrons. The van der Waals surface area contributed by atoms with Crippen molar-refractivity contribution in [2.24, 2.45) is 5.92 Å². The van der Waals surface area contributed by atoms with Crippen molar-refractivity contribution in [3.63, 3.8) is 0 Å². The second-order valence-electron chi connectivity index (χ2n) is 6.91. The standard InChI is InChI=1S/C19H25NO3/c1-4-14-13(3)15-7-8-17(21)16(18(15)23-19(14)22)11-20-9-5-6-12(2)10-20/h7-8,12,21H,4-6,9-11H2,1-3H3/p+1/t12-/m0/s1. The third-order valence-corrected chi connectivity index (χ3v) is 5.18. The van der Waals surface area contributed by atoms with E-state index in [1.165, 1.54) is 17.7 Å². The van der Waals surface area contributed by atoms with Gasteiger partial charge in [-0.3, -0.25) is 0 Å². The third kappa shape index (κ3) is 3.00. The van der Waals surface area contributed by atoms with Crippen molar-refractivity contribution >= 4 is 11.0 Å². The smallest absolute Gasteiger partial charge is 0.339 e. The number of rotatable bonds is 3. The van der Waals surface area contributed by atoms with Crippen LogP contribution in [0.2, 0.25) is 0 Å². The Bertz CT molecular complexity index is 778. The van der Waals surface area contributed by atoms with Gasteiger partial charge in [0.05, 0.1) is 18.7 Å². The fourth-order valence-corrected chi connectivity index (χ4v) is 3.89. The van der Waals surface area contributed by atoms with Crippen molar-refractivity contribution in [3.05, 3.63) is 39.2 Å². The summed E-state index contributed by atoms with van der Waals surface area (Å²) in [6, 6.07) is 3.59. The highest BCUT2D eigenvalue weighted by Crippen LogP contribution is 2.29. The first-order valence-electron chi connectivity index (χ1n) is 8.62. The number of likely N-dealkylation sites (tertiary alicyclic amines) is 1. The number of fused-ring (bicyclic) bond motifs is 1. The zero-order valence-corrected chi connectivity index (χ0v) is 14.2. The normalized spacial score (nSPS) is 21.7. The molecular weight excluding hydrogens is 290 g/mol. The van der Waals surface area contributed by atoms with E-state index in [9.17, 15) is 9.90 Å². The van der Waals surface area contributed by atoms with Crippen LogP contribution in [0.25, 0.3) is 11.0 Å². The number of piperidine rings is 1. The first kappa shape index (κ1) is 16.1. The Morgan fingerprint density at radius 3 is 2.83 bits per heavy atom. The third-order valence-electron chi connectivity index (χ3n) is 5.18. The molecule has 0 aliphatic carbocycles. The molecule has 0 amide bonds. The van der Waals surface area contributed by atoms with Gasteiger partial charge in [0.2, 0.25) is 0 Å². The molecule has 3 rings (SSSR count). The topological polar surface area (TPSA) is 54.9 Å². The summed E-state index contributed by atoms with van der Waals surface area (Å²) in [5.74, 6) is 0.936. The highest BCUT2D eigenvalue weighted by molar-refractivity contribution is 5.85. The molecule has 1 saturated heterocycles. The minimum Gasteiger partial charge on any atom is -0.507 e. The minimum atomic E-state index is -0.272. The molecule has 4 nitrogen and oxygen atoms in total. The highest BCUT2D eigenvalue weighted by Gasteiger charge is 2.23. The highest BCUT2D eigenvalue weighted by atomic mass is 16.4. The number of phenolic OH excluding ortho intramolecular Hbond substituents is 1. The average molecular weight is 316 g/mol. The van der Waals surface area contributed by atoms with E-state index in [4.69, 9.17) is 4.42 Å². The van der Waals surface area contributed by atoms with Crippen molar-refractivity contribution in [3.8, 4) is 5.75 Å². The summed E-state index contributed by atoms with van der Waals surface area (Å²) < 4.78 is 5.62. The van der Waals surface area contributed by atoms with Gasteiger partial charge in [0, 0.05) is 16.9 Å². The maximum atomic E-state index is 12.2. The van der Waals surface area contributed by atoms with Gasteiger partial charge in [0.1, 0.15) is 12.3 Å². The molecule has 2 aromatic rings. The Kier molecular flexibility index (Phi) is 4.44. The number of nitrogens with one attached hydrogen (secondary N) is 1. The largest absolute Gasteiger partial charge is 0.507 e. The molecular formula is C19H26NO3+. The summed E-state index contributed by atoms with van der Waals surface area (Å²) in [6.07, 6.45) is 3.15. The number of phenols is 1. The van der Waals surface area contributed by atoms with E-state index in [0.29, 0.717) is 24.5 Å². The average Bonchev–Trinajstić information content (AvgIpc) is 2.51. The SMILES string of the molecule is CCc1c(C)c2ccc(O)c(C[NH+]3CCC[C@H](C)C3)c2oc1=O. The number of hydrogen-bond acceptors (Lipinski definition) is 3. The van der Waals surface area contributed by atoms with Crippen LogP contribution in [0.15, 0.2) is 21.3 Å². The van der Waals surface area contributed by atoms with E-state index >= 15 is 0 Å². The van der Waals surface area contributed by atoms with E-state index in [1.54, 1.807) is 6.07 Å². The molecule has 1 aromatic carbocycles. The second kappa shape index (κ2) is 6.36. The molecule has 1 unspecified atom stereocenters. The van der Waals surface area contributed by atoms with Gasteiger partial charge in [-0.2, -0.15) is 0 Å². The van der Waals surface area contributed by atoms with Crippen LogP contribution in [0.4, 0.5) is 0 Å². The van der Waals surface area contributed by atoms with Crippen LogP contribution in [0.5, 0.6) is 5.75 Å². The lowest BCUT2D eigenvalue weighted by molar-refractivity contribution is -0.922. The van der Waals surface area contributed by atoms with E-state index in [1.807, 2.05) is 19.9 Å². The van der Waals surface area contributed by atoms with Crippen molar-refractivity contribution < 1.29 is 14.4 Å². The van der Waals surface area contributed by atoms with Gasteiger partial charge < -0.3 is 14.4 Å². The zero-order valence-electron chi connectivity index (χ0n) is 14.2. The fourth-order valence-electron chi connectivity index (χ4n) is 3.89. The van der Waals surface area contributed by atoms with Crippen molar-refractivity contribution in [2.75, 3.05) is 13.1 Å². The van der Waals surface area contributed by atoms with Crippen molar-refractivity contribution in [1.82, 2.24) is 0 Å².